The van der Waals surface area contributed by atoms with E-state index in [1.54, 1.807) is 0 Å². The second-order valence-electron chi connectivity index (χ2n) is 7.47. The van der Waals surface area contributed by atoms with E-state index in [1.807, 2.05) is 0 Å². The predicted octanol–water partition coefficient (Wildman–Crippen LogP) is 7.79. The first kappa shape index (κ1) is 18.2. The van der Waals surface area contributed by atoms with Crippen molar-refractivity contribution in [2.75, 3.05) is 0 Å². The minimum Gasteiger partial charge on any atom is -0.308 e. The van der Waals surface area contributed by atoms with Gasteiger partial charge in [-0.05, 0) is 41.3 Å². The molecule has 0 aliphatic heterocycles. The molecule has 1 heteroatoms. The van der Waals surface area contributed by atoms with Gasteiger partial charge in [0.1, 0.15) is 0 Å². The Labute approximate surface area is 177 Å². The smallest absolute Gasteiger partial charge is 0.0616 e. The Bertz CT molecular complexity index is 1150. The highest BCUT2D eigenvalue weighted by Gasteiger charge is 2.24. The van der Waals surface area contributed by atoms with Gasteiger partial charge in [0, 0.05) is 11.3 Å². The summed E-state index contributed by atoms with van der Waals surface area (Å²) < 4.78 is 2.42. The molecule has 0 N–H and O–H groups in total. The van der Waals surface area contributed by atoms with Crippen LogP contribution in [0.1, 0.15) is 5.56 Å². The highest BCUT2D eigenvalue weighted by molar-refractivity contribution is 5.92. The molecule has 0 fully saturated rings. The third-order valence-corrected chi connectivity index (χ3v) is 5.59. The van der Waals surface area contributed by atoms with Gasteiger partial charge in [-0.1, -0.05) is 109 Å². The lowest BCUT2D eigenvalue weighted by molar-refractivity contribution is 1.09. The topological polar surface area (TPSA) is 4.93 Å². The first-order valence-electron chi connectivity index (χ1n) is 10.3. The fourth-order valence-corrected chi connectivity index (χ4v) is 4.29. The summed E-state index contributed by atoms with van der Waals surface area (Å²) in [6, 6.07) is 42.8. The molecular formula is C29H23N. The highest BCUT2D eigenvalue weighted by atomic mass is 15.0. The van der Waals surface area contributed by atoms with E-state index in [9.17, 15) is 0 Å². The van der Waals surface area contributed by atoms with E-state index in [2.05, 4.69) is 133 Å². The summed E-state index contributed by atoms with van der Waals surface area (Å²) in [6.45, 7) is 2.25. The van der Waals surface area contributed by atoms with Crippen LogP contribution in [0.5, 0.6) is 0 Å². The second kappa shape index (κ2) is 7.88. The first-order valence-corrected chi connectivity index (χ1v) is 10.3. The minimum absolute atomic E-state index is 1.17. The number of nitrogens with zero attached hydrogens (tertiary/aromatic N) is 1. The highest BCUT2D eigenvalue weighted by Crippen LogP contribution is 2.44. The number of benzene rings is 4. The molecule has 1 nitrogen and oxygen atoms in total. The molecule has 1 heterocycles. The molecule has 0 saturated carbocycles. The summed E-state index contributed by atoms with van der Waals surface area (Å²) in [5.41, 5.74) is 9.87. The quantitative estimate of drug-likeness (QED) is 0.297. The van der Waals surface area contributed by atoms with Gasteiger partial charge in [0.05, 0.1) is 11.4 Å². The molecule has 0 bridgehead atoms. The van der Waals surface area contributed by atoms with Crippen LogP contribution in [0, 0.1) is 6.92 Å². The van der Waals surface area contributed by atoms with Gasteiger partial charge in [-0.2, -0.15) is 0 Å². The van der Waals surface area contributed by atoms with Crippen LogP contribution < -0.4 is 0 Å². The van der Waals surface area contributed by atoms with Gasteiger partial charge in [0.15, 0.2) is 0 Å². The Morgan fingerprint density at radius 3 is 1.33 bits per heavy atom. The fourth-order valence-electron chi connectivity index (χ4n) is 4.29. The zero-order valence-corrected chi connectivity index (χ0v) is 17.0. The van der Waals surface area contributed by atoms with Gasteiger partial charge in [-0.15, -0.1) is 0 Å². The molecule has 0 atom stereocenters. The van der Waals surface area contributed by atoms with Crippen molar-refractivity contribution in [1.29, 1.82) is 0 Å². The number of rotatable bonds is 4. The van der Waals surface area contributed by atoms with Gasteiger partial charge in [0.25, 0.3) is 0 Å². The van der Waals surface area contributed by atoms with Crippen LogP contribution in [0.2, 0.25) is 0 Å². The van der Waals surface area contributed by atoms with Crippen molar-refractivity contribution < 1.29 is 0 Å². The number of aromatic nitrogens is 1. The van der Waals surface area contributed by atoms with E-state index in [4.69, 9.17) is 0 Å². The largest absolute Gasteiger partial charge is 0.308 e. The summed E-state index contributed by atoms with van der Waals surface area (Å²) in [5, 5.41) is 0. The average molecular weight is 386 g/mol. The lowest BCUT2D eigenvalue weighted by Gasteiger charge is -2.15. The Kier molecular flexibility index (Phi) is 4.78. The van der Waals surface area contributed by atoms with Gasteiger partial charge in [0.2, 0.25) is 0 Å². The van der Waals surface area contributed by atoms with E-state index in [1.165, 1.54) is 44.9 Å². The molecule has 0 aliphatic carbocycles. The molecule has 0 saturated heterocycles. The number of para-hydroxylation sites is 1. The third-order valence-electron chi connectivity index (χ3n) is 5.59. The average Bonchev–Trinajstić information content (AvgIpc) is 3.14. The van der Waals surface area contributed by atoms with Crippen molar-refractivity contribution >= 4 is 0 Å². The molecule has 0 spiro atoms. The van der Waals surface area contributed by atoms with E-state index in [0.29, 0.717) is 0 Å². The second-order valence-corrected chi connectivity index (χ2v) is 7.47. The zero-order valence-electron chi connectivity index (χ0n) is 17.0. The minimum atomic E-state index is 1.17. The zero-order chi connectivity index (χ0) is 20.3. The number of hydrogen-bond acceptors (Lipinski definition) is 0. The van der Waals surface area contributed by atoms with Crippen molar-refractivity contribution in [3.63, 3.8) is 0 Å². The maximum atomic E-state index is 2.42. The lowest BCUT2D eigenvalue weighted by Crippen LogP contribution is -2.00. The molecule has 5 rings (SSSR count). The van der Waals surface area contributed by atoms with Crippen LogP contribution in [-0.4, -0.2) is 4.57 Å². The van der Waals surface area contributed by atoms with Crippen LogP contribution in [0.3, 0.4) is 0 Å². The van der Waals surface area contributed by atoms with Crippen LogP contribution in [-0.2, 0) is 0 Å². The molecule has 5 aromatic rings. The van der Waals surface area contributed by atoms with E-state index in [0.717, 1.165) is 0 Å². The third kappa shape index (κ3) is 3.15. The van der Waals surface area contributed by atoms with Crippen LogP contribution in [0.15, 0.2) is 121 Å². The van der Waals surface area contributed by atoms with Crippen LogP contribution in [0.4, 0.5) is 0 Å². The van der Waals surface area contributed by atoms with E-state index in [-0.39, 0.29) is 0 Å². The fraction of sp³-hybridized carbons (Fsp3) is 0.0345. The molecule has 30 heavy (non-hydrogen) atoms. The maximum absolute atomic E-state index is 2.42. The Balaban J connectivity index is 1.95. The van der Waals surface area contributed by atoms with Gasteiger partial charge >= 0.3 is 0 Å². The molecule has 0 unspecified atom stereocenters. The predicted molar refractivity (Wildman–Crippen MR) is 127 cm³/mol. The molecule has 144 valence electrons. The van der Waals surface area contributed by atoms with Gasteiger partial charge in [-0.25, -0.2) is 0 Å². The van der Waals surface area contributed by atoms with E-state index < -0.39 is 0 Å². The number of hydrogen-bond donors (Lipinski definition) is 0. The Morgan fingerprint density at radius 2 is 0.833 bits per heavy atom. The SMILES string of the molecule is Cc1c(-c2ccccc2)c(-c2ccccc2)n(-c2ccccc2)c1-c1ccccc1. The summed E-state index contributed by atoms with van der Waals surface area (Å²) in [7, 11) is 0. The summed E-state index contributed by atoms with van der Waals surface area (Å²) in [4.78, 5) is 0. The van der Waals surface area contributed by atoms with Crippen LogP contribution >= 0.6 is 0 Å². The molecular weight excluding hydrogens is 362 g/mol. The van der Waals surface area contributed by atoms with Crippen molar-refractivity contribution in [1.82, 2.24) is 4.57 Å². The van der Waals surface area contributed by atoms with Crippen molar-refractivity contribution in [2.45, 2.75) is 6.92 Å². The molecule has 0 amide bonds. The van der Waals surface area contributed by atoms with Crippen molar-refractivity contribution in [3.8, 4) is 39.3 Å². The Morgan fingerprint density at radius 1 is 0.433 bits per heavy atom. The molecule has 1 aromatic heterocycles. The van der Waals surface area contributed by atoms with Gasteiger partial charge in [-0.3, -0.25) is 0 Å². The molecule has 0 radical (unpaired) electrons. The van der Waals surface area contributed by atoms with Gasteiger partial charge < -0.3 is 4.57 Å². The van der Waals surface area contributed by atoms with Crippen molar-refractivity contribution in [2.24, 2.45) is 0 Å². The maximum Gasteiger partial charge on any atom is 0.0616 e. The lowest BCUT2D eigenvalue weighted by atomic mass is 9.96. The first-order chi connectivity index (χ1) is 14.8. The monoisotopic (exact) mass is 385 g/mol. The van der Waals surface area contributed by atoms with Crippen LogP contribution in [0.25, 0.3) is 39.3 Å². The Hall–Kier alpha value is -3.84. The standard InChI is InChI=1S/C29H23N/c1-22-27(23-14-6-2-7-15-23)29(25-18-10-4-11-19-25)30(26-20-12-5-13-21-26)28(22)24-16-8-3-9-17-24/h2-21H,1H3. The normalized spacial score (nSPS) is 10.8. The molecule has 0 aliphatic rings. The van der Waals surface area contributed by atoms with E-state index >= 15 is 0 Å². The van der Waals surface area contributed by atoms with Crippen molar-refractivity contribution in [3.05, 3.63) is 127 Å². The molecule has 4 aromatic carbocycles. The summed E-state index contributed by atoms with van der Waals surface area (Å²) in [6.07, 6.45) is 0. The summed E-state index contributed by atoms with van der Waals surface area (Å²) in [5.74, 6) is 0. The summed E-state index contributed by atoms with van der Waals surface area (Å²) >= 11 is 0.